The molecule has 0 aromatic carbocycles. The first kappa shape index (κ1) is 18.4. The fourth-order valence-electron chi connectivity index (χ4n) is 2.32. The van der Waals surface area contributed by atoms with Crippen LogP contribution in [0, 0.1) is 0 Å². The van der Waals surface area contributed by atoms with Gasteiger partial charge in [-0.1, -0.05) is 64.9 Å². The van der Waals surface area contributed by atoms with Gasteiger partial charge in [-0.05, 0) is 25.8 Å². The maximum Gasteiger partial charge on any atom is 0.168 e. The van der Waals surface area contributed by atoms with Crippen LogP contribution in [0.2, 0.25) is 0 Å². The third kappa shape index (κ3) is 8.20. The summed E-state index contributed by atoms with van der Waals surface area (Å²) in [4.78, 5) is 12.1. The van der Waals surface area contributed by atoms with Crippen LogP contribution in [0.3, 0.4) is 0 Å². The molecule has 0 heterocycles. The molecule has 1 unspecified atom stereocenters. The molecule has 1 atom stereocenters. The maximum atomic E-state index is 12.1. The van der Waals surface area contributed by atoms with Crippen molar-refractivity contribution in [3.8, 4) is 0 Å². The molecule has 19 heavy (non-hydrogen) atoms. The first-order chi connectivity index (χ1) is 9.10. The molecule has 0 saturated carbocycles. The minimum absolute atomic E-state index is 0.00505. The van der Waals surface area contributed by atoms with Crippen LogP contribution < -0.4 is 0 Å². The smallest absolute Gasteiger partial charge is 0.168 e. The number of allylic oxidation sites excluding steroid dienone is 1. The van der Waals surface area contributed by atoms with Gasteiger partial charge in [0.2, 0.25) is 0 Å². The van der Waals surface area contributed by atoms with Gasteiger partial charge in [0.1, 0.15) is 5.60 Å². The number of carbonyl (C=O) groups is 1. The summed E-state index contributed by atoms with van der Waals surface area (Å²) < 4.78 is 0. The Morgan fingerprint density at radius 2 is 1.58 bits per heavy atom. The lowest BCUT2D eigenvalue weighted by Gasteiger charge is -2.23. The predicted octanol–water partition coefficient (Wildman–Crippen LogP) is 4.80. The highest BCUT2D eigenvalue weighted by atomic mass is 16.3. The summed E-state index contributed by atoms with van der Waals surface area (Å²) in [7, 11) is 0. The molecule has 0 spiro atoms. The highest BCUT2D eigenvalue weighted by Gasteiger charge is 2.30. The summed E-state index contributed by atoms with van der Waals surface area (Å²) in [5.41, 5.74) is -1.21. The van der Waals surface area contributed by atoms with E-state index in [1.54, 1.807) is 12.2 Å². The van der Waals surface area contributed by atoms with Crippen molar-refractivity contribution in [2.24, 2.45) is 0 Å². The molecule has 0 aromatic rings. The van der Waals surface area contributed by atoms with Crippen LogP contribution in [0.25, 0.3) is 0 Å². The quantitative estimate of drug-likeness (QED) is 0.407. The van der Waals surface area contributed by atoms with Gasteiger partial charge >= 0.3 is 0 Å². The summed E-state index contributed by atoms with van der Waals surface area (Å²) in [5.74, 6) is -0.00505. The van der Waals surface area contributed by atoms with Crippen molar-refractivity contribution >= 4 is 5.78 Å². The Morgan fingerprint density at radius 1 is 1.00 bits per heavy atom. The van der Waals surface area contributed by atoms with Crippen molar-refractivity contribution in [3.05, 3.63) is 12.2 Å². The lowest BCUT2D eigenvalue weighted by atomic mass is 9.88. The maximum absolute atomic E-state index is 12.1. The minimum atomic E-state index is -1.21. The van der Waals surface area contributed by atoms with Crippen LogP contribution in [0.15, 0.2) is 12.2 Å². The van der Waals surface area contributed by atoms with Crippen molar-refractivity contribution in [2.45, 2.75) is 90.6 Å². The zero-order valence-corrected chi connectivity index (χ0v) is 13.1. The molecule has 0 aromatic heterocycles. The van der Waals surface area contributed by atoms with E-state index in [0.29, 0.717) is 12.8 Å². The molecule has 0 rings (SSSR count). The molecule has 112 valence electrons. The van der Waals surface area contributed by atoms with Gasteiger partial charge in [-0.3, -0.25) is 4.79 Å². The van der Waals surface area contributed by atoms with Crippen LogP contribution in [-0.2, 0) is 4.79 Å². The second-order valence-electron chi connectivity index (χ2n) is 5.47. The van der Waals surface area contributed by atoms with E-state index in [1.165, 1.54) is 25.7 Å². The SMILES string of the molecule is C/C=C/C(O)(CCCC)C(=O)CCCCCCCC. The van der Waals surface area contributed by atoms with Gasteiger partial charge in [-0.25, -0.2) is 0 Å². The van der Waals surface area contributed by atoms with Gasteiger partial charge in [0, 0.05) is 6.42 Å². The Kier molecular flexibility index (Phi) is 10.8. The molecule has 0 aliphatic carbocycles. The zero-order chi connectivity index (χ0) is 14.6. The summed E-state index contributed by atoms with van der Waals surface area (Å²) >= 11 is 0. The van der Waals surface area contributed by atoms with Gasteiger partial charge < -0.3 is 5.11 Å². The van der Waals surface area contributed by atoms with E-state index < -0.39 is 5.60 Å². The lowest BCUT2D eigenvalue weighted by molar-refractivity contribution is -0.133. The van der Waals surface area contributed by atoms with E-state index in [0.717, 1.165) is 25.7 Å². The van der Waals surface area contributed by atoms with Crippen LogP contribution >= 0.6 is 0 Å². The number of unbranched alkanes of at least 4 members (excludes halogenated alkanes) is 6. The molecule has 2 heteroatoms. The Morgan fingerprint density at radius 3 is 2.16 bits per heavy atom. The largest absolute Gasteiger partial charge is 0.378 e. The van der Waals surface area contributed by atoms with E-state index in [9.17, 15) is 9.90 Å². The highest BCUT2D eigenvalue weighted by Crippen LogP contribution is 2.21. The molecule has 0 bridgehead atoms. The number of hydrogen-bond donors (Lipinski definition) is 1. The van der Waals surface area contributed by atoms with Crippen molar-refractivity contribution in [1.82, 2.24) is 0 Å². The molecule has 0 amide bonds. The lowest BCUT2D eigenvalue weighted by Crippen LogP contribution is -2.36. The highest BCUT2D eigenvalue weighted by molar-refractivity contribution is 5.89. The molecule has 0 aliphatic rings. The number of aliphatic hydroxyl groups is 1. The molecule has 1 N–H and O–H groups in total. The Labute approximate surface area is 119 Å². The molecule has 0 radical (unpaired) electrons. The monoisotopic (exact) mass is 268 g/mol. The Hall–Kier alpha value is -0.630. The fraction of sp³-hybridized carbons (Fsp3) is 0.824. The average molecular weight is 268 g/mol. The van der Waals surface area contributed by atoms with Gasteiger partial charge in [0.15, 0.2) is 5.78 Å². The number of Topliss-reactive ketones (excluding diaryl/α,β-unsaturated/α-hetero) is 1. The number of carbonyl (C=O) groups excluding carboxylic acids is 1. The molecular formula is C17H32O2. The fourth-order valence-corrected chi connectivity index (χ4v) is 2.32. The van der Waals surface area contributed by atoms with Crippen LogP contribution in [-0.4, -0.2) is 16.5 Å². The van der Waals surface area contributed by atoms with Crippen LogP contribution in [0.5, 0.6) is 0 Å². The van der Waals surface area contributed by atoms with E-state index in [2.05, 4.69) is 13.8 Å². The van der Waals surface area contributed by atoms with Gasteiger partial charge in [-0.2, -0.15) is 0 Å². The average Bonchev–Trinajstić information content (AvgIpc) is 2.40. The summed E-state index contributed by atoms with van der Waals surface area (Å²) in [6, 6.07) is 0. The number of ketones is 1. The second-order valence-corrected chi connectivity index (χ2v) is 5.47. The third-order valence-electron chi connectivity index (χ3n) is 3.59. The standard InChI is InChI=1S/C17H32O2/c1-4-7-9-10-11-12-13-16(18)17(19,14-6-3)15-8-5-2/h6,14,19H,4-5,7-13,15H2,1-3H3/b14-6+. The Bertz CT molecular complexity index is 258. The summed E-state index contributed by atoms with van der Waals surface area (Å²) in [6.45, 7) is 6.14. The predicted molar refractivity (Wildman–Crippen MR) is 82.3 cm³/mol. The summed E-state index contributed by atoms with van der Waals surface area (Å²) in [6.07, 6.45) is 13.4. The normalized spacial score (nSPS) is 14.7. The Balaban J connectivity index is 4.04. The van der Waals surface area contributed by atoms with Crippen molar-refractivity contribution in [1.29, 1.82) is 0 Å². The van der Waals surface area contributed by atoms with Crippen LogP contribution in [0.4, 0.5) is 0 Å². The van der Waals surface area contributed by atoms with E-state index in [1.807, 2.05) is 6.92 Å². The van der Waals surface area contributed by atoms with Gasteiger partial charge in [0.05, 0.1) is 0 Å². The number of hydrogen-bond acceptors (Lipinski definition) is 2. The second kappa shape index (κ2) is 11.2. The van der Waals surface area contributed by atoms with E-state index in [4.69, 9.17) is 0 Å². The molecular weight excluding hydrogens is 236 g/mol. The number of rotatable bonds is 12. The topological polar surface area (TPSA) is 37.3 Å². The minimum Gasteiger partial charge on any atom is -0.378 e. The third-order valence-corrected chi connectivity index (χ3v) is 3.59. The van der Waals surface area contributed by atoms with Crippen molar-refractivity contribution < 1.29 is 9.90 Å². The van der Waals surface area contributed by atoms with Gasteiger partial charge in [-0.15, -0.1) is 0 Å². The van der Waals surface area contributed by atoms with Crippen molar-refractivity contribution in [3.63, 3.8) is 0 Å². The molecule has 0 fully saturated rings. The summed E-state index contributed by atoms with van der Waals surface area (Å²) in [5, 5.41) is 10.4. The van der Waals surface area contributed by atoms with Crippen molar-refractivity contribution in [2.75, 3.05) is 0 Å². The first-order valence-electron chi connectivity index (χ1n) is 8.00. The van der Waals surface area contributed by atoms with E-state index in [-0.39, 0.29) is 5.78 Å². The van der Waals surface area contributed by atoms with E-state index >= 15 is 0 Å². The zero-order valence-electron chi connectivity index (χ0n) is 13.1. The van der Waals surface area contributed by atoms with Gasteiger partial charge in [0.25, 0.3) is 0 Å². The van der Waals surface area contributed by atoms with Crippen LogP contribution in [0.1, 0.15) is 85.0 Å². The molecule has 2 nitrogen and oxygen atoms in total. The first-order valence-corrected chi connectivity index (χ1v) is 8.00. The molecule has 0 aliphatic heterocycles. The molecule has 0 saturated heterocycles.